The monoisotopic (exact) mass is 303 g/mol. The fraction of sp³-hybridized carbons (Fsp3) is 0.529. The van der Waals surface area contributed by atoms with Crippen LogP contribution in [0.5, 0.6) is 0 Å². The lowest BCUT2D eigenvalue weighted by molar-refractivity contribution is -0.136. The molecule has 1 aliphatic heterocycles. The molecule has 0 saturated carbocycles. The molecule has 5 heteroatoms. The summed E-state index contributed by atoms with van der Waals surface area (Å²) in [6.45, 7) is 8.59. The standard InChI is InChI=1S/C17H25N3O2/c1-11-5-7-13(8-6-11)14-9-10-20(17(14,3)4)15(21)12(2)19-16(18)22/h5-8,12,14H,9-10H2,1-4H3,(H3,18,19,22)/t12-,14?/m0/s1. The third-order valence-corrected chi connectivity index (χ3v) is 4.66. The molecule has 0 aromatic heterocycles. The Labute approximate surface area is 131 Å². The van der Waals surface area contributed by atoms with E-state index < -0.39 is 12.1 Å². The SMILES string of the molecule is Cc1ccc(C2CCN(C(=O)[C@H](C)NC(N)=O)C2(C)C)cc1. The van der Waals surface area contributed by atoms with Crippen molar-refractivity contribution in [1.82, 2.24) is 10.2 Å². The summed E-state index contributed by atoms with van der Waals surface area (Å²) in [6.07, 6.45) is 0.922. The molecule has 1 saturated heterocycles. The quantitative estimate of drug-likeness (QED) is 0.897. The first kappa shape index (κ1) is 16.3. The van der Waals surface area contributed by atoms with Gasteiger partial charge in [-0.25, -0.2) is 4.79 Å². The minimum absolute atomic E-state index is 0.0848. The summed E-state index contributed by atoms with van der Waals surface area (Å²) < 4.78 is 0. The van der Waals surface area contributed by atoms with Crippen molar-refractivity contribution in [3.05, 3.63) is 35.4 Å². The number of amides is 3. The molecule has 1 unspecified atom stereocenters. The second-order valence-electron chi connectivity index (χ2n) is 6.63. The van der Waals surface area contributed by atoms with Crippen LogP contribution < -0.4 is 11.1 Å². The maximum absolute atomic E-state index is 12.6. The lowest BCUT2D eigenvalue weighted by Crippen LogP contribution is -2.53. The molecule has 0 radical (unpaired) electrons. The number of rotatable bonds is 3. The Morgan fingerprint density at radius 1 is 1.32 bits per heavy atom. The van der Waals surface area contributed by atoms with Gasteiger partial charge in [-0.1, -0.05) is 29.8 Å². The molecule has 0 bridgehead atoms. The molecular formula is C17H25N3O2. The summed E-state index contributed by atoms with van der Waals surface area (Å²) in [7, 11) is 0. The van der Waals surface area contributed by atoms with Gasteiger partial charge in [-0.3, -0.25) is 4.79 Å². The minimum Gasteiger partial charge on any atom is -0.352 e. The van der Waals surface area contributed by atoms with Crippen LogP contribution in [0.2, 0.25) is 0 Å². The fourth-order valence-corrected chi connectivity index (χ4v) is 3.36. The highest BCUT2D eigenvalue weighted by atomic mass is 16.2. The van der Waals surface area contributed by atoms with Gasteiger partial charge in [0.05, 0.1) is 0 Å². The van der Waals surface area contributed by atoms with Crippen molar-refractivity contribution in [3.63, 3.8) is 0 Å². The number of primary amides is 1. The topological polar surface area (TPSA) is 75.4 Å². The summed E-state index contributed by atoms with van der Waals surface area (Å²) in [4.78, 5) is 25.4. The van der Waals surface area contributed by atoms with Crippen molar-refractivity contribution in [1.29, 1.82) is 0 Å². The van der Waals surface area contributed by atoms with Crippen LogP contribution in [-0.4, -0.2) is 35.0 Å². The molecule has 1 heterocycles. The van der Waals surface area contributed by atoms with Crippen LogP contribution in [0.3, 0.4) is 0 Å². The van der Waals surface area contributed by atoms with Gasteiger partial charge in [-0.15, -0.1) is 0 Å². The molecule has 1 fully saturated rings. The number of nitrogens with one attached hydrogen (secondary N) is 1. The summed E-state index contributed by atoms with van der Waals surface area (Å²) in [5.74, 6) is 0.205. The summed E-state index contributed by atoms with van der Waals surface area (Å²) in [5.41, 5.74) is 7.30. The Balaban J connectivity index is 2.18. The highest BCUT2D eigenvalue weighted by Gasteiger charge is 2.45. The van der Waals surface area contributed by atoms with E-state index in [0.717, 1.165) is 6.42 Å². The zero-order chi connectivity index (χ0) is 16.5. The maximum Gasteiger partial charge on any atom is 0.312 e. The summed E-state index contributed by atoms with van der Waals surface area (Å²) in [6, 6.07) is 7.21. The predicted molar refractivity (Wildman–Crippen MR) is 86.5 cm³/mol. The molecule has 0 aliphatic carbocycles. The number of nitrogens with zero attached hydrogens (tertiary/aromatic N) is 1. The van der Waals surface area contributed by atoms with E-state index in [4.69, 9.17) is 5.73 Å². The van der Waals surface area contributed by atoms with E-state index in [0.29, 0.717) is 6.54 Å². The third kappa shape index (κ3) is 3.08. The van der Waals surface area contributed by atoms with Gasteiger partial charge in [-0.05, 0) is 39.7 Å². The summed E-state index contributed by atoms with van der Waals surface area (Å²) in [5, 5.41) is 2.47. The van der Waals surface area contributed by atoms with Crippen molar-refractivity contribution in [2.45, 2.75) is 51.6 Å². The molecule has 1 aromatic rings. The van der Waals surface area contributed by atoms with Crippen LogP contribution in [0.15, 0.2) is 24.3 Å². The van der Waals surface area contributed by atoms with Crippen molar-refractivity contribution in [2.75, 3.05) is 6.54 Å². The highest BCUT2D eigenvalue weighted by Crippen LogP contribution is 2.42. The third-order valence-electron chi connectivity index (χ3n) is 4.66. The van der Waals surface area contributed by atoms with E-state index in [1.807, 2.05) is 4.90 Å². The maximum atomic E-state index is 12.6. The number of hydrogen-bond acceptors (Lipinski definition) is 2. The highest BCUT2D eigenvalue weighted by molar-refractivity contribution is 5.87. The van der Waals surface area contributed by atoms with Gasteiger partial charge >= 0.3 is 6.03 Å². The Bertz CT molecular complexity index is 566. The van der Waals surface area contributed by atoms with E-state index in [1.165, 1.54) is 11.1 Å². The first-order chi connectivity index (χ1) is 10.2. The number of urea groups is 1. The number of nitrogens with two attached hydrogens (primary N) is 1. The Hall–Kier alpha value is -2.04. The zero-order valence-corrected chi connectivity index (χ0v) is 13.7. The van der Waals surface area contributed by atoms with Crippen LogP contribution in [0.4, 0.5) is 4.79 Å². The molecule has 1 aliphatic rings. The van der Waals surface area contributed by atoms with Crippen molar-refractivity contribution >= 4 is 11.9 Å². The second kappa shape index (κ2) is 5.99. The number of aryl methyl sites for hydroxylation is 1. The number of hydrogen-bond donors (Lipinski definition) is 2. The molecular weight excluding hydrogens is 278 g/mol. The van der Waals surface area contributed by atoms with Crippen molar-refractivity contribution in [3.8, 4) is 0 Å². The Morgan fingerprint density at radius 3 is 2.45 bits per heavy atom. The average Bonchev–Trinajstić information content (AvgIpc) is 2.73. The number of likely N-dealkylation sites (tertiary alicyclic amines) is 1. The number of carbonyl (C=O) groups is 2. The van der Waals surface area contributed by atoms with Crippen molar-refractivity contribution < 1.29 is 9.59 Å². The van der Waals surface area contributed by atoms with E-state index >= 15 is 0 Å². The first-order valence-electron chi connectivity index (χ1n) is 7.67. The molecule has 3 N–H and O–H groups in total. The number of carbonyl (C=O) groups excluding carboxylic acids is 2. The lowest BCUT2D eigenvalue weighted by Gasteiger charge is -2.37. The molecule has 2 rings (SSSR count). The lowest BCUT2D eigenvalue weighted by atomic mass is 9.82. The zero-order valence-electron chi connectivity index (χ0n) is 13.7. The van der Waals surface area contributed by atoms with Crippen molar-refractivity contribution in [2.24, 2.45) is 5.73 Å². The normalized spacial score (nSPS) is 21.5. The molecule has 22 heavy (non-hydrogen) atoms. The van der Waals surface area contributed by atoms with E-state index in [9.17, 15) is 9.59 Å². The van der Waals surface area contributed by atoms with Crippen LogP contribution in [0, 0.1) is 6.92 Å². The van der Waals surface area contributed by atoms with Gasteiger partial charge in [0.25, 0.3) is 0 Å². The molecule has 3 amide bonds. The van der Waals surface area contributed by atoms with Crippen LogP contribution in [0.25, 0.3) is 0 Å². The van der Waals surface area contributed by atoms with E-state index in [2.05, 4.69) is 50.4 Å². The Morgan fingerprint density at radius 2 is 1.91 bits per heavy atom. The molecule has 1 aromatic carbocycles. The van der Waals surface area contributed by atoms with E-state index in [-0.39, 0.29) is 17.4 Å². The molecule has 2 atom stereocenters. The van der Waals surface area contributed by atoms with Gasteiger partial charge in [0.1, 0.15) is 6.04 Å². The van der Waals surface area contributed by atoms with Gasteiger partial charge in [0.15, 0.2) is 0 Å². The minimum atomic E-state index is -0.673. The van der Waals surface area contributed by atoms with Gasteiger partial charge in [0, 0.05) is 18.0 Å². The van der Waals surface area contributed by atoms with E-state index in [1.54, 1.807) is 6.92 Å². The summed E-state index contributed by atoms with van der Waals surface area (Å²) >= 11 is 0. The molecule has 120 valence electrons. The smallest absolute Gasteiger partial charge is 0.312 e. The van der Waals surface area contributed by atoms with Crippen LogP contribution in [0.1, 0.15) is 44.2 Å². The van der Waals surface area contributed by atoms with Gasteiger partial charge in [-0.2, -0.15) is 0 Å². The predicted octanol–water partition coefficient (Wildman–Crippen LogP) is 2.15. The number of benzene rings is 1. The second-order valence-corrected chi connectivity index (χ2v) is 6.63. The molecule has 0 spiro atoms. The van der Waals surface area contributed by atoms with Crippen LogP contribution >= 0.6 is 0 Å². The van der Waals surface area contributed by atoms with Gasteiger partial charge < -0.3 is 16.0 Å². The largest absolute Gasteiger partial charge is 0.352 e. The Kier molecular flexibility index (Phi) is 4.44. The van der Waals surface area contributed by atoms with Crippen LogP contribution in [-0.2, 0) is 4.79 Å². The molecule has 5 nitrogen and oxygen atoms in total. The average molecular weight is 303 g/mol. The first-order valence-corrected chi connectivity index (χ1v) is 7.67. The van der Waals surface area contributed by atoms with Gasteiger partial charge in [0.2, 0.25) is 5.91 Å². The fourth-order valence-electron chi connectivity index (χ4n) is 3.36.